The molecule has 2 aromatic carbocycles. The van der Waals surface area contributed by atoms with Gasteiger partial charge in [0, 0.05) is 11.6 Å². The van der Waals surface area contributed by atoms with Gasteiger partial charge in [-0.15, -0.1) is 0 Å². The van der Waals surface area contributed by atoms with Crippen LogP contribution in [0.3, 0.4) is 0 Å². The Labute approximate surface area is 150 Å². The van der Waals surface area contributed by atoms with Gasteiger partial charge in [-0.05, 0) is 35.4 Å². The standard InChI is InChI=1S/C18H17Cl2NO3/c19-14-4-2-13(3-5-14)17-11-21(7-8-24-17)18(23)10-12-1-6-16(22)15(20)9-12/h1-6,9,17,22H,7-8,10-11H2/t17-/m0/s1. The highest BCUT2D eigenvalue weighted by Crippen LogP contribution is 2.26. The number of benzene rings is 2. The van der Waals surface area contributed by atoms with Crippen molar-refractivity contribution in [1.29, 1.82) is 0 Å². The van der Waals surface area contributed by atoms with E-state index in [2.05, 4.69) is 0 Å². The Morgan fingerprint density at radius 2 is 1.96 bits per heavy atom. The van der Waals surface area contributed by atoms with Gasteiger partial charge in [-0.2, -0.15) is 0 Å². The van der Waals surface area contributed by atoms with E-state index in [4.69, 9.17) is 27.9 Å². The summed E-state index contributed by atoms with van der Waals surface area (Å²) < 4.78 is 5.78. The first-order valence-electron chi connectivity index (χ1n) is 7.65. The maximum absolute atomic E-state index is 12.5. The van der Waals surface area contributed by atoms with Crippen LogP contribution in [-0.2, 0) is 16.0 Å². The predicted molar refractivity (Wildman–Crippen MR) is 93.5 cm³/mol. The smallest absolute Gasteiger partial charge is 0.227 e. The molecule has 0 radical (unpaired) electrons. The molecule has 1 saturated heterocycles. The minimum absolute atomic E-state index is 0.0130. The summed E-state index contributed by atoms with van der Waals surface area (Å²) in [6.07, 6.45) is 0.0937. The number of carbonyl (C=O) groups is 1. The number of hydrogen-bond acceptors (Lipinski definition) is 3. The van der Waals surface area contributed by atoms with Crippen LogP contribution >= 0.6 is 23.2 Å². The molecule has 24 heavy (non-hydrogen) atoms. The number of hydrogen-bond donors (Lipinski definition) is 1. The minimum atomic E-state index is -0.150. The van der Waals surface area contributed by atoms with Gasteiger partial charge in [-0.1, -0.05) is 41.4 Å². The monoisotopic (exact) mass is 365 g/mol. The van der Waals surface area contributed by atoms with E-state index in [0.29, 0.717) is 24.7 Å². The second-order valence-corrected chi connectivity index (χ2v) is 6.56. The third-order valence-electron chi connectivity index (χ3n) is 4.03. The fourth-order valence-electron chi connectivity index (χ4n) is 2.70. The summed E-state index contributed by atoms with van der Waals surface area (Å²) in [5.74, 6) is 0.0288. The average molecular weight is 366 g/mol. The maximum Gasteiger partial charge on any atom is 0.227 e. The van der Waals surface area contributed by atoms with Gasteiger partial charge in [0.05, 0.1) is 24.6 Å². The molecule has 4 nitrogen and oxygen atoms in total. The average Bonchev–Trinajstić information content (AvgIpc) is 2.59. The number of carbonyl (C=O) groups excluding carboxylic acids is 1. The lowest BCUT2D eigenvalue weighted by molar-refractivity contribution is -0.138. The Balaban J connectivity index is 1.66. The molecule has 1 fully saturated rings. The van der Waals surface area contributed by atoms with Crippen LogP contribution in [0.5, 0.6) is 5.75 Å². The Morgan fingerprint density at radius 1 is 1.21 bits per heavy atom. The van der Waals surface area contributed by atoms with Crippen LogP contribution in [0, 0.1) is 0 Å². The van der Waals surface area contributed by atoms with Crippen LogP contribution in [0.4, 0.5) is 0 Å². The molecule has 1 heterocycles. The number of amides is 1. The van der Waals surface area contributed by atoms with Crippen molar-refractivity contribution in [1.82, 2.24) is 4.90 Å². The van der Waals surface area contributed by atoms with Gasteiger partial charge >= 0.3 is 0 Å². The van der Waals surface area contributed by atoms with Crippen LogP contribution in [0.15, 0.2) is 42.5 Å². The SMILES string of the molecule is O=C(Cc1ccc(O)c(Cl)c1)N1CCO[C@H](c2ccc(Cl)cc2)C1. The molecule has 1 amide bonds. The second-order valence-electron chi connectivity index (χ2n) is 5.71. The van der Waals surface area contributed by atoms with Gasteiger partial charge in [0.25, 0.3) is 0 Å². The highest BCUT2D eigenvalue weighted by molar-refractivity contribution is 6.32. The molecule has 6 heteroatoms. The van der Waals surface area contributed by atoms with Gasteiger partial charge < -0.3 is 14.7 Å². The summed E-state index contributed by atoms with van der Waals surface area (Å²) in [5.41, 5.74) is 1.78. The van der Waals surface area contributed by atoms with E-state index in [-0.39, 0.29) is 29.2 Å². The summed E-state index contributed by atoms with van der Waals surface area (Å²) in [6.45, 7) is 1.57. The lowest BCUT2D eigenvalue weighted by Gasteiger charge is -2.33. The molecule has 0 saturated carbocycles. The first kappa shape index (κ1) is 17.1. The minimum Gasteiger partial charge on any atom is -0.506 e. The molecule has 3 rings (SSSR count). The first-order valence-corrected chi connectivity index (χ1v) is 8.41. The summed E-state index contributed by atoms with van der Waals surface area (Å²) >= 11 is 11.8. The van der Waals surface area contributed by atoms with Crippen LogP contribution < -0.4 is 0 Å². The van der Waals surface area contributed by atoms with Crippen LogP contribution in [-0.4, -0.2) is 35.6 Å². The second kappa shape index (κ2) is 7.43. The quantitative estimate of drug-likeness (QED) is 0.898. The maximum atomic E-state index is 12.5. The van der Waals surface area contributed by atoms with Gasteiger partial charge in [0.15, 0.2) is 0 Å². The normalized spacial score (nSPS) is 17.8. The van der Waals surface area contributed by atoms with E-state index in [0.717, 1.165) is 11.1 Å². The first-order chi connectivity index (χ1) is 11.5. The number of halogens is 2. The van der Waals surface area contributed by atoms with E-state index in [1.54, 1.807) is 17.0 Å². The molecule has 1 aliphatic heterocycles. The lowest BCUT2D eigenvalue weighted by Crippen LogP contribution is -2.42. The molecule has 1 N–H and O–H groups in total. The summed E-state index contributed by atoms with van der Waals surface area (Å²) in [6, 6.07) is 12.3. The topological polar surface area (TPSA) is 49.8 Å². The van der Waals surface area contributed by atoms with Crippen molar-refractivity contribution < 1.29 is 14.6 Å². The molecule has 2 aromatic rings. The molecule has 0 spiro atoms. The van der Waals surface area contributed by atoms with Crippen molar-refractivity contribution in [2.24, 2.45) is 0 Å². The van der Waals surface area contributed by atoms with Gasteiger partial charge in [0.1, 0.15) is 11.9 Å². The van der Waals surface area contributed by atoms with Crippen LogP contribution in [0.2, 0.25) is 10.0 Å². The van der Waals surface area contributed by atoms with E-state index < -0.39 is 0 Å². The number of phenolic OH excluding ortho intramolecular Hbond substituents is 1. The molecule has 1 aliphatic rings. The number of nitrogens with zero attached hydrogens (tertiary/aromatic N) is 1. The van der Waals surface area contributed by atoms with E-state index in [9.17, 15) is 9.90 Å². The van der Waals surface area contributed by atoms with Gasteiger partial charge in [0.2, 0.25) is 5.91 Å². The zero-order chi connectivity index (χ0) is 17.1. The summed E-state index contributed by atoms with van der Waals surface area (Å²) in [7, 11) is 0. The van der Waals surface area contributed by atoms with E-state index >= 15 is 0 Å². The number of ether oxygens (including phenoxy) is 1. The Morgan fingerprint density at radius 3 is 2.67 bits per heavy atom. The van der Waals surface area contributed by atoms with Crippen molar-refractivity contribution in [3.8, 4) is 5.75 Å². The third kappa shape index (κ3) is 4.01. The zero-order valence-electron chi connectivity index (χ0n) is 12.9. The largest absolute Gasteiger partial charge is 0.506 e. The number of aromatic hydroxyl groups is 1. The zero-order valence-corrected chi connectivity index (χ0v) is 14.4. The third-order valence-corrected chi connectivity index (χ3v) is 4.58. The molecular weight excluding hydrogens is 349 g/mol. The fraction of sp³-hybridized carbons (Fsp3) is 0.278. The van der Waals surface area contributed by atoms with Gasteiger partial charge in [-0.3, -0.25) is 4.79 Å². The highest BCUT2D eigenvalue weighted by atomic mass is 35.5. The number of morpholine rings is 1. The van der Waals surface area contributed by atoms with E-state index in [1.165, 1.54) is 6.07 Å². The highest BCUT2D eigenvalue weighted by Gasteiger charge is 2.25. The number of rotatable bonds is 3. The van der Waals surface area contributed by atoms with E-state index in [1.807, 2.05) is 24.3 Å². The molecule has 1 atom stereocenters. The summed E-state index contributed by atoms with van der Waals surface area (Å²) in [4.78, 5) is 14.3. The molecule has 0 aliphatic carbocycles. The molecule has 0 bridgehead atoms. The Hall–Kier alpha value is -1.75. The predicted octanol–water partition coefficient (Wildman–Crippen LogP) is 3.84. The van der Waals surface area contributed by atoms with Crippen molar-refractivity contribution in [3.63, 3.8) is 0 Å². The Bertz CT molecular complexity index is 734. The molecule has 0 aromatic heterocycles. The molecule has 0 unspecified atom stereocenters. The van der Waals surface area contributed by atoms with Crippen molar-refractivity contribution in [2.45, 2.75) is 12.5 Å². The lowest BCUT2D eigenvalue weighted by atomic mass is 10.1. The molecule has 126 valence electrons. The van der Waals surface area contributed by atoms with Crippen molar-refractivity contribution in [3.05, 3.63) is 63.6 Å². The van der Waals surface area contributed by atoms with Crippen LogP contribution in [0.25, 0.3) is 0 Å². The van der Waals surface area contributed by atoms with Crippen molar-refractivity contribution in [2.75, 3.05) is 19.7 Å². The fourth-order valence-corrected chi connectivity index (χ4v) is 3.03. The van der Waals surface area contributed by atoms with Crippen molar-refractivity contribution >= 4 is 29.1 Å². The number of phenols is 1. The molecular formula is C18H17Cl2NO3. The van der Waals surface area contributed by atoms with Crippen LogP contribution in [0.1, 0.15) is 17.2 Å². The Kier molecular flexibility index (Phi) is 5.29. The van der Waals surface area contributed by atoms with Gasteiger partial charge in [-0.25, -0.2) is 0 Å². The summed E-state index contributed by atoms with van der Waals surface area (Å²) in [5, 5.41) is 10.4.